The van der Waals surface area contributed by atoms with Gasteiger partial charge in [-0.25, -0.2) is 4.79 Å². The lowest BCUT2D eigenvalue weighted by atomic mass is 10.5. The summed E-state index contributed by atoms with van der Waals surface area (Å²) in [5, 5.41) is 7.12. The van der Waals surface area contributed by atoms with Crippen LogP contribution in [0.4, 0.5) is 13.2 Å². The number of rotatable bonds is 0. The highest BCUT2D eigenvalue weighted by molar-refractivity contribution is 5.73. The number of carboxylic acid groups (broad SMARTS) is 1. The normalized spacial score (nSPS) is 9.28. The second kappa shape index (κ2) is 8.80. The molecule has 0 aliphatic carbocycles. The zero-order chi connectivity index (χ0) is 13.9. The van der Waals surface area contributed by atoms with Gasteiger partial charge in [-0.3, -0.25) is 4.98 Å². The maximum Gasteiger partial charge on any atom is 0.490 e. The number of aromatic nitrogens is 2. The molecule has 0 aromatic carbocycles. The van der Waals surface area contributed by atoms with Crippen LogP contribution in [0.25, 0.3) is 0 Å². The van der Waals surface area contributed by atoms with Crippen molar-refractivity contribution >= 4 is 5.97 Å². The number of hydrogen-bond donors (Lipinski definition) is 2. The molecule has 2 rings (SSSR count). The molecule has 2 heterocycles. The van der Waals surface area contributed by atoms with Crippen molar-refractivity contribution in [3.63, 3.8) is 0 Å². The Hall–Kier alpha value is -2.31. The Labute approximate surface area is 101 Å². The molecular weight excluding hydrogens is 249 g/mol. The third kappa shape index (κ3) is 10.2. The van der Waals surface area contributed by atoms with E-state index in [1.54, 1.807) is 12.4 Å². The molecule has 0 bridgehead atoms. The average Bonchev–Trinajstić information content (AvgIpc) is 2.89. The average molecular weight is 260 g/mol. The van der Waals surface area contributed by atoms with Crippen LogP contribution in [-0.2, 0) is 4.79 Å². The van der Waals surface area contributed by atoms with Crippen molar-refractivity contribution in [1.82, 2.24) is 9.97 Å². The van der Waals surface area contributed by atoms with Gasteiger partial charge in [-0.15, -0.1) is 0 Å². The first-order valence-corrected chi connectivity index (χ1v) is 4.67. The largest absolute Gasteiger partial charge is 0.490 e. The monoisotopic (exact) mass is 260 g/mol. The quantitative estimate of drug-likeness (QED) is 0.765. The summed E-state index contributed by atoms with van der Waals surface area (Å²) in [6.07, 6.45) is 2.17. The molecule has 2 aromatic heterocycles. The smallest absolute Gasteiger partial charge is 0.475 e. The van der Waals surface area contributed by atoms with E-state index in [-0.39, 0.29) is 0 Å². The summed E-state index contributed by atoms with van der Waals surface area (Å²) in [5.74, 6) is -2.76. The standard InChI is InChI=1S/C5H5N.C4H5N.C2HF3O2/c1-2-4-6-5-3-1;1-2-4-5-3-1;3-2(4,5)1(6)7/h1-5H;1-5H;(H,6,7). The van der Waals surface area contributed by atoms with Gasteiger partial charge in [0.1, 0.15) is 0 Å². The van der Waals surface area contributed by atoms with Gasteiger partial charge >= 0.3 is 12.1 Å². The van der Waals surface area contributed by atoms with Crippen LogP contribution in [0.3, 0.4) is 0 Å². The van der Waals surface area contributed by atoms with Crippen LogP contribution >= 0.6 is 0 Å². The number of nitrogens with zero attached hydrogens (tertiary/aromatic N) is 1. The molecule has 2 N–H and O–H groups in total. The number of carboxylic acids is 1. The van der Waals surface area contributed by atoms with Gasteiger partial charge in [-0.2, -0.15) is 13.2 Å². The van der Waals surface area contributed by atoms with Gasteiger partial charge in [-0.1, -0.05) is 6.07 Å². The molecule has 0 saturated heterocycles. The fourth-order valence-corrected chi connectivity index (χ4v) is 0.590. The van der Waals surface area contributed by atoms with E-state index in [0.717, 1.165) is 0 Å². The number of nitrogens with one attached hydrogen (secondary N) is 1. The van der Waals surface area contributed by atoms with Gasteiger partial charge in [0.2, 0.25) is 0 Å². The molecule has 0 unspecified atom stereocenters. The van der Waals surface area contributed by atoms with E-state index in [9.17, 15) is 13.2 Å². The minimum atomic E-state index is -5.08. The van der Waals surface area contributed by atoms with Crippen molar-refractivity contribution in [3.05, 3.63) is 55.1 Å². The van der Waals surface area contributed by atoms with Crippen LogP contribution < -0.4 is 0 Å². The first kappa shape index (κ1) is 15.7. The molecule has 0 amide bonds. The second-order valence-corrected chi connectivity index (χ2v) is 2.71. The van der Waals surface area contributed by atoms with E-state index in [1.165, 1.54) is 0 Å². The summed E-state index contributed by atoms with van der Waals surface area (Å²) in [5.41, 5.74) is 0. The Morgan fingerprint density at radius 1 is 1.00 bits per heavy atom. The molecule has 98 valence electrons. The third-order valence-corrected chi connectivity index (χ3v) is 1.30. The number of aliphatic carboxylic acids is 1. The van der Waals surface area contributed by atoms with Gasteiger partial charge in [0, 0.05) is 24.8 Å². The number of hydrogen-bond acceptors (Lipinski definition) is 2. The fraction of sp³-hybridized carbons (Fsp3) is 0.0909. The van der Waals surface area contributed by atoms with E-state index in [2.05, 4.69) is 9.97 Å². The zero-order valence-electron chi connectivity index (χ0n) is 9.13. The van der Waals surface area contributed by atoms with Crippen LogP contribution in [0.5, 0.6) is 0 Å². The Morgan fingerprint density at radius 3 is 1.56 bits per heavy atom. The van der Waals surface area contributed by atoms with Crippen LogP contribution in [0.15, 0.2) is 55.1 Å². The van der Waals surface area contributed by atoms with Gasteiger partial charge in [0.15, 0.2) is 0 Å². The highest BCUT2D eigenvalue weighted by atomic mass is 19.4. The molecule has 4 nitrogen and oxygen atoms in total. The molecule has 0 saturated carbocycles. The number of carbonyl (C=O) groups is 1. The lowest BCUT2D eigenvalue weighted by molar-refractivity contribution is -0.192. The number of pyridine rings is 1. The number of alkyl halides is 3. The Bertz CT molecular complexity index is 358. The molecule has 0 radical (unpaired) electrons. The van der Waals surface area contributed by atoms with E-state index in [4.69, 9.17) is 9.90 Å². The van der Waals surface area contributed by atoms with E-state index >= 15 is 0 Å². The fourth-order valence-electron chi connectivity index (χ4n) is 0.590. The van der Waals surface area contributed by atoms with Gasteiger partial charge in [-0.05, 0) is 24.3 Å². The molecule has 0 atom stereocenters. The molecular formula is C11H11F3N2O2. The molecule has 0 aliphatic rings. The SMILES string of the molecule is O=C(O)C(F)(F)F.c1cc[nH]c1.c1ccncc1. The van der Waals surface area contributed by atoms with Gasteiger partial charge in [0.05, 0.1) is 0 Å². The molecule has 0 spiro atoms. The van der Waals surface area contributed by atoms with Crippen molar-refractivity contribution < 1.29 is 23.1 Å². The summed E-state index contributed by atoms with van der Waals surface area (Å²) >= 11 is 0. The van der Waals surface area contributed by atoms with Crippen molar-refractivity contribution in [2.75, 3.05) is 0 Å². The van der Waals surface area contributed by atoms with E-state index < -0.39 is 12.1 Å². The minimum Gasteiger partial charge on any atom is -0.475 e. The predicted molar refractivity (Wildman–Crippen MR) is 58.7 cm³/mol. The summed E-state index contributed by atoms with van der Waals surface area (Å²) in [7, 11) is 0. The van der Waals surface area contributed by atoms with Gasteiger partial charge < -0.3 is 10.1 Å². The molecule has 2 aromatic rings. The summed E-state index contributed by atoms with van der Waals surface area (Å²) in [4.78, 5) is 15.5. The summed E-state index contributed by atoms with van der Waals surface area (Å²) < 4.78 is 31.7. The van der Waals surface area contributed by atoms with Crippen LogP contribution in [-0.4, -0.2) is 27.2 Å². The Morgan fingerprint density at radius 2 is 1.44 bits per heavy atom. The van der Waals surface area contributed by atoms with Crippen LogP contribution in [0.2, 0.25) is 0 Å². The molecule has 7 heteroatoms. The number of H-pyrrole nitrogens is 1. The Balaban J connectivity index is 0.000000243. The van der Waals surface area contributed by atoms with E-state index in [1.807, 2.05) is 42.7 Å². The topological polar surface area (TPSA) is 66.0 Å². The lowest BCUT2D eigenvalue weighted by Gasteiger charge is -1.93. The zero-order valence-corrected chi connectivity index (χ0v) is 9.13. The minimum absolute atomic E-state index is 1.75. The first-order valence-electron chi connectivity index (χ1n) is 4.67. The molecule has 0 fully saturated rings. The van der Waals surface area contributed by atoms with E-state index in [0.29, 0.717) is 0 Å². The Kier molecular flexibility index (Phi) is 7.67. The highest BCUT2D eigenvalue weighted by Crippen LogP contribution is 2.13. The first-order chi connectivity index (χ1) is 8.44. The van der Waals surface area contributed by atoms with Gasteiger partial charge in [0.25, 0.3) is 0 Å². The predicted octanol–water partition coefficient (Wildman–Crippen LogP) is 2.73. The van der Waals surface area contributed by atoms with Crippen LogP contribution in [0, 0.1) is 0 Å². The van der Waals surface area contributed by atoms with Crippen molar-refractivity contribution in [2.45, 2.75) is 6.18 Å². The third-order valence-electron chi connectivity index (χ3n) is 1.30. The maximum atomic E-state index is 10.6. The number of aromatic amines is 1. The summed E-state index contributed by atoms with van der Waals surface area (Å²) in [6, 6.07) is 9.60. The van der Waals surface area contributed by atoms with Crippen molar-refractivity contribution in [1.29, 1.82) is 0 Å². The lowest BCUT2D eigenvalue weighted by Crippen LogP contribution is -2.21. The second-order valence-electron chi connectivity index (χ2n) is 2.71. The number of halogens is 3. The van der Waals surface area contributed by atoms with Crippen LogP contribution in [0.1, 0.15) is 0 Å². The maximum absolute atomic E-state index is 10.6. The summed E-state index contributed by atoms with van der Waals surface area (Å²) in [6.45, 7) is 0. The molecule has 0 aliphatic heterocycles. The highest BCUT2D eigenvalue weighted by Gasteiger charge is 2.38. The van der Waals surface area contributed by atoms with Crippen molar-refractivity contribution in [3.8, 4) is 0 Å². The molecule has 18 heavy (non-hydrogen) atoms. The van der Waals surface area contributed by atoms with Crippen molar-refractivity contribution in [2.24, 2.45) is 0 Å².